The second kappa shape index (κ2) is 11.0. The Hall–Kier alpha value is -3.93. The second-order valence-electron chi connectivity index (χ2n) is 9.53. The van der Waals surface area contributed by atoms with Gasteiger partial charge < -0.3 is 9.53 Å². The molecule has 0 spiro atoms. The van der Waals surface area contributed by atoms with Crippen LogP contribution in [0.15, 0.2) is 114 Å². The molecule has 1 aliphatic heterocycles. The van der Waals surface area contributed by atoms with E-state index in [4.69, 9.17) is 9.73 Å². The smallest absolute Gasteiger partial charge is 0.139 e. The molecular weight excluding hydrogens is 463 g/mol. The minimum Gasteiger partial charge on any atom is -0.374 e. The van der Waals surface area contributed by atoms with Crippen molar-refractivity contribution in [2.75, 3.05) is 6.61 Å². The Bertz CT molecular complexity index is 1330. The number of nitrogens with one attached hydrogen (secondary N) is 1. The maximum atomic E-state index is 15.2. The first-order chi connectivity index (χ1) is 18.1. The van der Waals surface area contributed by atoms with E-state index < -0.39 is 11.6 Å². The van der Waals surface area contributed by atoms with E-state index in [9.17, 15) is 4.79 Å². The Kier molecular flexibility index (Phi) is 7.35. The predicted molar refractivity (Wildman–Crippen MR) is 145 cm³/mol. The van der Waals surface area contributed by atoms with E-state index in [0.29, 0.717) is 17.7 Å². The maximum Gasteiger partial charge on any atom is 0.139 e. The van der Waals surface area contributed by atoms with Gasteiger partial charge in [-0.3, -0.25) is 5.32 Å². The summed E-state index contributed by atoms with van der Waals surface area (Å²) in [7, 11) is 0. The van der Waals surface area contributed by atoms with Crippen LogP contribution in [0.3, 0.4) is 0 Å². The summed E-state index contributed by atoms with van der Waals surface area (Å²) in [5.74, 6) is -0.371. The van der Waals surface area contributed by atoms with Crippen LogP contribution in [-0.2, 0) is 21.5 Å². The molecule has 1 fully saturated rings. The summed E-state index contributed by atoms with van der Waals surface area (Å²) in [5, 5.41) is 3.37. The third-order valence-electron chi connectivity index (χ3n) is 6.78. The molecule has 5 rings (SSSR count). The van der Waals surface area contributed by atoms with Crippen LogP contribution in [0.25, 0.3) is 0 Å². The molecule has 4 aromatic carbocycles. The first kappa shape index (κ1) is 24.8. The molecule has 1 N–H and O–H groups in total. The number of carbonyl (C=O) groups excluding carboxylic acids is 1. The lowest BCUT2D eigenvalue weighted by Gasteiger charge is -2.42. The zero-order valence-corrected chi connectivity index (χ0v) is 20.7. The summed E-state index contributed by atoms with van der Waals surface area (Å²) in [6.45, 7) is 2.09. The summed E-state index contributed by atoms with van der Waals surface area (Å²) in [4.78, 5) is 17.0. The molecule has 3 atom stereocenters. The molecule has 0 aliphatic carbocycles. The zero-order chi connectivity index (χ0) is 25.7. The topological polar surface area (TPSA) is 50.7 Å². The van der Waals surface area contributed by atoms with Crippen LogP contribution in [0.5, 0.6) is 0 Å². The van der Waals surface area contributed by atoms with Crippen molar-refractivity contribution in [1.29, 1.82) is 0 Å². The van der Waals surface area contributed by atoms with Crippen molar-refractivity contribution < 1.29 is 13.9 Å². The number of aldehydes is 1. The minimum absolute atomic E-state index is 0.225. The van der Waals surface area contributed by atoms with Crippen LogP contribution in [0.1, 0.15) is 29.2 Å². The summed E-state index contributed by atoms with van der Waals surface area (Å²) < 4.78 is 21.4. The normalized spacial score (nSPS) is 21.2. The van der Waals surface area contributed by atoms with Gasteiger partial charge in [0.2, 0.25) is 0 Å². The summed E-state index contributed by atoms with van der Waals surface area (Å²) in [6.07, 6.45) is 1.12. The van der Waals surface area contributed by atoms with E-state index in [0.717, 1.165) is 28.7 Å². The van der Waals surface area contributed by atoms with Crippen molar-refractivity contribution >= 4 is 17.7 Å². The monoisotopic (exact) mass is 492 g/mol. The van der Waals surface area contributed by atoms with Gasteiger partial charge in [-0.05, 0) is 30.7 Å². The highest BCUT2D eigenvalue weighted by Gasteiger charge is 2.40. The standard InChI is InChI=1S/C32H29FN2O2/c1-32(22-37-30(29(21-36)35-32)19-23-11-5-2-6-12-23)27-20-26(17-18-28(27)33)34-31(24-13-7-3-8-14-24)25-15-9-4-10-16-25/h2-18,20-21,29-30,35H,19,22H2,1H3. The summed E-state index contributed by atoms with van der Waals surface area (Å²) in [6, 6.07) is 34.0. The Morgan fingerprint density at radius 1 is 0.946 bits per heavy atom. The Morgan fingerprint density at radius 2 is 1.54 bits per heavy atom. The summed E-state index contributed by atoms with van der Waals surface area (Å²) in [5.41, 5.74) is 3.96. The van der Waals surface area contributed by atoms with Gasteiger partial charge in [-0.15, -0.1) is 0 Å². The van der Waals surface area contributed by atoms with Gasteiger partial charge in [-0.25, -0.2) is 9.38 Å². The molecule has 0 radical (unpaired) electrons. The fraction of sp³-hybridized carbons (Fsp3) is 0.188. The molecule has 1 heterocycles. The Balaban J connectivity index is 1.46. The molecule has 3 unspecified atom stereocenters. The number of benzene rings is 4. The maximum absolute atomic E-state index is 15.2. The number of hydrogen-bond acceptors (Lipinski definition) is 4. The first-order valence-corrected chi connectivity index (χ1v) is 12.4. The fourth-order valence-corrected chi connectivity index (χ4v) is 4.81. The molecule has 1 aliphatic rings. The van der Waals surface area contributed by atoms with Crippen molar-refractivity contribution in [3.63, 3.8) is 0 Å². The third kappa shape index (κ3) is 5.58. The number of ether oxygens (including phenoxy) is 1. The van der Waals surface area contributed by atoms with Crippen LogP contribution >= 0.6 is 0 Å². The van der Waals surface area contributed by atoms with Gasteiger partial charge in [0, 0.05) is 23.1 Å². The van der Waals surface area contributed by atoms with E-state index in [1.165, 1.54) is 6.07 Å². The van der Waals surface area contributed by atoms with E-state index >= 15 is 4.39 Å². The molecule has 0 bridgehead atoms. The van der Waals surface area contributed by atoms with Gasteiger partial charge in [-0.2, -0.15) is 0 Å². The number of carbonyl (C=O) groups is 1. The van der Waals surface area contributed by atoms with E-state index in [-0.39, 0.29) is 18.5 Å². The first-order valence-electron chi connectivity index (χ1n) is 12.4. The van der Waals surface area contributed by atoms with Gasteiger partial charge in [0.15, 0.2) is 0 Å². The molecule has 1 saturated heterocycles. The Morgan fingerprint density at radius 3 is 2.14 bits per heavy atom. The molecule has 4 aromatic rings. The number of nitrogens with zero attached hydrogens (tertiary/aromatic N) is 1. The molecule has 186 valence electrons. The molecule has 0 aromatic heterocycles. The van der Waals surface area contributed by atoms with E-state index in [1.54, 1.807) is 12.1 Å². The lowest BCUT2D eigenvalue weighted by molar-refractivity contribution is -0.121. The number of aliphatic imine (C=N–C) groups is 1. The van der Waals surface area contributed by atoms with Crippen LogP contribution in [-0.4, -0.2) is 30.8 Å². The predicted octanol–water partition coefficient (Wildman–Crippen LogP) is 6.01. The lowest BCUT2D eigenvalue weighted by Crippen LogP contribution is -2.60. The quantitative estimate of drug-likeness (QED) is 0.254. The lowest BCUT2D eigenvalue weighted by atomic mass is 9.87. The van der Waals surface area contributed by atoms with Gasteiger partial charge >= 0.3 is 0 Å². The fourth-order valence-electron chi connectivity index (χ4n) is 4.81. The second-order valence-corrected chi connectivity index (χ2v) is 9.53. The van der Waals surface area contributed by atoms with Gasteiger partial charge in [0.05, 0.1) is 35.7 Å². The number of hydrogen-bond donors (Lipinski definition) is 1. The van der Waals surface area contributed by atoms with Gasteiger partial charge in [0.1, 0.15) is 12.1 Å². The van der Waals surface area contributed by atoms with Crippen molar-refractivity contribution in [2.24, 2.45) is 4.99 Å². The SMILES string of the molecule is CC1(c2cc(N=C(c3ccccc3)c3ccccc3)ccc2F)COC(Cc2ccccc2)C(C=O)N1. The van der Waals surface area contributed by atoms with Crippen molar-refractivity contribution in [1.82, 2.24) is 5.32 Å². The largest absolute Gasteiger partial charge is 0.374 e. The van der Waals surface area contributed by atoms with Crippen LogP contribution in [0.2, 0.25) is 0 Å². The molecule has 0 amide bonds. The van der Waals surface area contributed by atoms with Crippen LogP contribution < -0.4 is 5.32 Å². The molecule has 4 nitrogen and oxygen atoms in total. The Labute approximate surface area is 216 Å². The average Bonchev–Trinajstić information content (AvgIpc) is 2.95. The zero-order valence-electron chi connectivity index (χ0n) is 20.7. The van der Waals surface area contributed by atoms with E-state index in [1.807, 2.05) is 97.9 Å². The van der Waals surface area contributed by atoms with Crippen molar-refractivity contribution in [3.8, 4) is 0 Å². The van der Waals surface area contributed by atoms with Crippen molar-refractivity contribution in [2.45, 2.75) is 31.0 Å². The number of morpholine rings is 1. The third-order valence-corrected chi connectivity index (χ3v) is 6.78. The van der Waals surface area contributed by atoms with Crippen LogP contribution in [0.4, 0.5) is 10.1 Å². The summed E-state index contributed by atoms with van der Waals surface area (Å²) >= 11 is 0. The highest BCUT2D eigenvalue weighted by atomic mass is 19.1. The minimum atomic E-state index is -0.895. The van der Waals surface area contributed by atoms with Crippen molar-refractivity contribution in [3.05, 3.63) is 137 Å². The molecule has 5 heteroatoms. The molecule has 37 heavy (non-hydrogen) atoms. The number of halogens is 1. The van der Waals surface area contributed by atoms with E-state index in [2.05, 4.69) is 5.32 Å². The average molecular weight is 493 g/mol. The number of rotatable bonds is 7. The highest BCUT2D eigenvalue weighted by Crippen LogP contribution is 2.33. The van der Waals surface area contributed by atoms with Gasteiger partial charge in [-0.1, -0.05) is 91.0 Å². The highest BCUT2D eigenvalue weighted by molar-refractivity contribution is 6.13. The molecule has 0 saturated carbocycles. The van der Waals surface area contributed by atoms with Crippen LogP contribution in [0, 0.1) is 5.82 Å². The molecular formula is C32H29FN2O2. The van der Waals surface area contributed by atoms with Gasteiger partial charge in [0.25, 0.3) is 0 Å².